The topological polar surface area (TPSA) is 63.7 Å². The summed E-state index contributed by atoms with van der Waals surface area (Å²) in [5.74, 6) is 0.918. The lowest BCUT2D eigenvalue weighted by atomic mass is 10.0. The van der Waals surface area contributed by atoms with Crippen LogP contribution in [0, 0.1) is 5.92 Å². The van der Waals surface area contributed by atoms with Crippen LogP contribution in [0.2, 0.25) is 0 Å². The van der Waals surface area contributed by atoms with Gasteiger partial charge in [-0.2, -0.15) is 0 Å². The van der Waals surface area contributed by atoms with Crippen LogP contribution in [-0.4, -0.2) is 44.2 Å². The molecule has 1 amide bonds. The number of piperidine rings is 1. The molecule has 1 fully saturated rings. The standard InChI is InChI=1S/C18H27NO4S/c1-14(2)23-16-6-8-17(9-7-16)24(21,22)12-10-18(20)19-11-4-5-15(3)13-19/h6-9,14-15H,4-5,10-13H2,1-3H3. The molecule has 1 unspecified atom stereocenters. The molecule has 5 nitrogen and oxygen atoms in total. The number of ether oxygens (including phenoxy) is 1. The molecule has 1 saturated heterocycles. The molecule has 1 aromatic carbocycles. The monoisotopic (exact) mass is 353 g/mol. The summed E-state index contributed by atoms with van der Waals surface area (Å²) in [7, 11) is -3.46. The maximum Gasteiger partial charge on any atom is 0.223 e. The first kappa shape index (κ1) is 18.8. The zero-order chi connectivity index (χ0) is 17.7. The molecule has 0 bridgehead atoms. The van der Waals surface area contributed by atoms with Crippen molar-refractivity contribution in [2.75, 3.05) is 18.8 Å². The van der Waals surface area contributed by atoms with E-state index in [1.165, 1.54) is 0 Å². The SMILES string of the molecule is CC1CCCN(C(=O)CCS(=O)(=O)c2ccc(OC(C)C)cc2)C1. The number of amides is 1. The molecule has 6 heteroatoms. The van der Waals surface area contributed by atoms with Crippen molar-refractivity contribution in [3.8, 4) is 5.75 Å². The van der Waals surface area contributed by atoms with Gasteiger partial charge >= 0.3 is 0 Å². The number of carbonyl (C=O) groups excluding carboxylic acids is 1. The van der Waals surface area contributed by atoms with Gasteiger partial charge in [-0.3, -0.25) is 4.79 Å². The number of hydrogen-bond acceptors (Lipinski definition) is 4. The molecule has 0 radical (unpaired) electrons. The maximum atomic E-state index is 12.4. The molecular formula is C18H27NO4S. The number of likely N-dealkylation sites (tertiary alicyclic amines) is 1. The van der Waals surface area contributed by atoms with Crippen LogP contribution in [0.25, 0.3) is 0 Å². The van der Waals surface area contributed by atoms with Crippen LogP contribution in [0.4, 0.5) is 0 Å². The van der Waals surface area contributed by atoms with E-state index in [4.69, 9.17) is 4.74 Å². The van der Waals surface area contributed by atoms with E-state index in [2.05, 4.69) is 6.92 Å². The molecule has 24 heavy (non-hydrogen) atoms. The summed E-state index contributed by atoms with van der Waals surface area (Å²) in [6.45, 7) is 7.43. The minimum atomic E-state index is -3.46. The quantitative estimate of drug-likeness (QED) is 0.789. The molecule has 0 spiro atoms. The molecule has 1 aromatic rings. The number of benzene rings is 1. The third-order valence-electron chi connectivity index (χ3n) is 4.15. The van der Waals surface area contributed by atoms with Crippen LogP contribution >= 0.6 is 0 Å². The first-order valence-corrected chi connectivity index (χ1v) is 10.2. The highest BCUT2D eigenvalue weighted by molar-refractivity contribution is 7.91. The predicted molar refractivity (Wildman–Crippen MR) is 93.9 cm³/mol. The smallest absolute Gasteiger partial charge is 0.223 e. The number of rotatable bonds is 6. The molecule has 2 rings (SSSR count). The molecule has 0 aliphatic carbocycles. The average Bonchev–Trinajstić information content (AvgIpc) is 2.52. The fourth-order valence-electron chi connectivity index (χ4n) is 2.91. The van der Waals surface area contributed by atoms with E-state index in [0.717, 1.165) is 25.9 Å². The Morgan fingerprint density at radius 1 is 1.29 bits per heavy atom. The fourth-order valence-corrected chi connectivity index (χ4v) is 4.14. The lowest BCUT2D eigenvalue weighted by Gasteiger charge is -2.31. The van der Waals surface area contributed by atoms with Gasteiger partial charge in [-0.25, -0.2) is 8.42 Å². The Morgan fingerprint density at radius 2 is 1.96 bits per heavy atom. The molecule has 0 N–H and O–H groups in total. The second-order valence-corrected chi connectivity index (χ2v) is 8.90. The van der Waals surface area contributed by atoms with E-state index in [9.17, 15) is 13.2 Å². The highest BCUT2D eigenvalue weighted by atomic mass is 32.2. The minimum Gasteiger partial charge on any atom is -0.491 e. The Kier molecular flexibility index (Phi) is 6.27. The first-order valence-electron chi connectivity index (χ1n) is 8.55. The molecule has 1 aliphatic heterocycles. The summed E-state index contributed by atoms with van der Waals surface area (Å²) >= 11 is 0. The van der Waals surface area contributed by atoms with Crippen LogP contribution in [-0.2, 0) is 14.6 Å². The Labute approximate surface area is 144 Å². The molecule has 0 saturated carbocycles. The van der Waals surface area contributed by atoms with Crippen LogP contribution in [0.3, 0.4) is 0 Å². The van der Waals surface area contributed by atoms with Crippen molar-refractivity contribution in [1.29, 1.82) is 0 Å². The second kappa shape index (κ2) is 8.01. The third kappa shape index (κ3) is 5.23. The lowest BCUT2D eigenvalue weighted by Crippen LogP contribution is -2.39. The van der Waals surface area contributed by atoms with Crippen molar-refractivity contribution >= 4 is 15.7 Å². The summed E-state index contributed by atoms with van der Waals surface area (Å²) in [5, 5.41) is 0. The van der Waals surface area contributed by atoms with Crippen molar-refractivity contribution in [2.24, 2.45) is 5.92 Å². The Bertz CT molecular complexity index is 652. The van der Waals surface area contributed by atoms with E-state index in [1.807, 2.05) is 13.8 Å². The highest BCUT2D eigenvalue weighted by Crippen LogP contribution is 2.20. The van der Waals surface area contributed by atoms with Gasteiger partial charge in [0, 0.05) is 19.5 Å². The van der Waals surface area contributed by atoms with Crippen LogP contribution in [0.5, 0.6) is 5.75 Å². The lowest BCUT2D eigenvalue weighted by molar-refractivity contribution is -0.132. The number of sulfone groups is 1. The van der Waals surface area contributed by atoms with Gasteiger partial charge in [0.15, 0.2) is 9.84 Å². The second-order valence-electron chi connectivity index (χ2n) is 6.79. The molecular weight excluding hydrogens is 326 g/mol. The van der Waals surface area contributed by atoms with E-state index in [1.54, 1.807) is 29.2 Å². The molecule has 1 aliphatic rings. The van der Waals surface area contributed by atoms with Gasteiger partial charge in [0.1, 0.15) is 5.75 Å². The molecule has 1 heterocycles. The van der Waals surface area contributed by atoms with Crippen molar-refractivity contribution in [1.82, 2.24) is 4.90 Å². The normalized spacial score (nSPS) is 18.7. The molecule has 0 aromatic heterocycles. The largest absolute Gasteiger partial charge is 0.491 e. The first-order chi connectivity index (χ1) is 11.3. The maximum absolute atomic E-state index is 12.4. The number of nitrogens with zero attached hydrogens (tertiary/aromatic N) is 1. The fraction of sp³-hybridized carbons (Fsp3) is 0.611. The molecule has 1 atom stereocenters. The van der Waals surface area contributed by atoms with Gasteiger partial charge in [0.25, 0.3) is 0 Å². The zero-order valence-electron chi connectivity index (χ0n) is 14.7. The summed E-state index contributed by atoms with van der Waals surface area (Å²) < 4.78 is 30.3. The van der Waals surface area contributed by atoms with E-state index >= 15 is 0 Å². The predicted octanol–water partition coefficient (Wildman–Crippen LogP) is 2.90. The average molecular weight is 353 g/mol. The summed E-state index contributed by atoms with van der Waals surface area (Å²) in [5.41, 5.74) is 0. The van der Waals surface area contributed by atoms with Crippen LogP contribution in [0.1, 0.15) is 40.0 Å². The van der Waals surface area contributed by atoms with Gasteiger partial charge in [0.2, 0.25) is 5.91 Å². The van der Waals surface area contributed by atoms with E-state index in [-0.39, 0.29) is 29.1 Å². The third-order valence-corrected chi connectivity index (χ3v) is 5.88. The van der Waals surface area contributed by atoms with Gasteiger partial charge in [-0.05, 0) is 56.9 Å². The zero-order valence-corrected chi connectivity index (χ0v) is 15.5. The summed E-state index contributed by atoms with van der Waals surface area (Å²) in [6.07, 6.45) is 2.21. The van der Waals surface area contributed by atoms with Gasteiger partial charge in [-0.15, -0.1) is 0 Å². The van der Waals surface area contributed by atoms with Gasteiger partial charge < -0.3 is 9.64 Å². The van der Waals surface area contributed by atoms with E-state index in [0.29, 0.717) is 11.7 Å². The summed E-state index contributed by atoms with van der Waals surface area (Å²) in [6, 6.07) is 6.39. The van der Waals surface area contributed by atoms with Gasteiger partial charge in [0.05, 0.1) is 16.8 Å². The Morgan fingerprint density at radius 3 is 2.54 bits per heavy atom. The van der Waals surface area contributed by atoms with Crippen molar-refractivity contribution in [2.45, 2.75) is 51.0 Å². The highest BCUT2D eigenvalue weighted by Gasteiger charge is 2.23. The van der Waals surface area contributed by atoms with Crippen LogP contribution < -0.4 is 4.74 Å². The Balaban J connectivity index is 1.94. The van der Waals surface area contributed by atoms with Crippen LogP contribution in [0.15, 0.2) is 29.2 Å². The number of carbonyl (C=O) groups is 1. The van der Waals surface area contributed by atoms with Crippen molar-refractivity contribution < 1.29 is 17.9 Å². The molecule has 134 valence electrons. The van der Waals surface area contributed by atoms with Crippen molar-refractivity contribution in [3.05, 3.63) is 24.3 Å². The summed E-state index contributed by atoms with van der Waals surface area (Å²) in [4.78, 5) is 14.3. The minimum absolute atomic E-state index is 0.0389. The van der Waals surface area contributed by atoms with Gasteiger partial charge in [-0.1, -0.05) is 6.92 Å². The Hall–Kier alpha value is -1.56. The van der Waals surface area contributed by atoms with E-state index < -0.39 is 9.84 Å². The van der Waals surface area contributed by atoms with Crippen molar-refractivity contribution in [3.63, 3.8) is 0 Å². The number of hydrogen-bond donors (Lipinski definition) is 0.